The van der Waals surface area contributed by atoms with Gasteiger partial charge in [-0.25, -0.2) is 4.79 Å². The fourth-order valence-corrected chi connectivity index (χ4v) is 4.26. The van der Waals surface area contributed by atoms with Crippen molar-refractivity contribution >= 4 is 41.4 Å². The van der Waals surface area contributed by atoms with Gasteiger partial charge in [0.15, 0.2) is 0 Å². The highest BCUT2D eigenvalue weighted by atomic mass is 16.5. The van der Waals surface area contributed by atoms with Crippen LogP contribution in [0.4, 0.5) is 0 Å². The number of hydrogen-bond donors (Lipinski definition) is 8. The van der Waals surface area contributed by atoms with Crippen LogP contribution < -0.4 is 27.0 Å². The number of nitrogens with zero attached hydrogens (tertiary/aromatic N) is 1. The second-order valence-electron chi connectivity index (χ2n) is 10.8. The number of rotatable bonds is 12. The number of nitrogens with one attached hydrogen (secondary N) is 4. The molecule has 0 spiro atoms. The van der Waals surface area contributed by atoms with Crippen molar-refractivity contribution in [1.29, 1.82) is 0 Å². The van der Waals surface area contributed by atoms with Gasteiger partial charge in [-0.2, -0.15) is 0 Å². The zero-order valence-electron chi connectivity index (χ0n) is 23.4. The zero-order chi connectivity index (χ0) is 31.4. The molecule has 0 unspecified atom stereocenters. The van der Waals surface area contributed by atoms with Gasteiger partial charge in [-0.1, -0.05) is 13.8 Å². The Balaban J connectivity index is 1.95. The van der Waals surface area contributed by atoms with Crippen LogP contribution in [-0.4, -0.2) is 116 Å². The van der Waals surface area contributed by atoms with Crippen LogP contribution in [0.25, 0.3) is 0 Å². The van der Waals surface area contributed by atoms with Crippen molar-refractivity contribution in [3.63, 3.8) is 0 Å². The average molecular weight is 587 g/mol. The van der Waals surface area contributed by atoms with Crippen molar-refractivity contribution in [1.82, 2.24) is 26.2 Å². The summed E-state index contributed by atoms with van der Waals surface area (Å²) >= 11 is 0. The lowest BCUT2D eigenvalue weighted by atomic mass is 9.90. The molecule has 2 rings (SSSR count). The van der Waals surface area contributed by atoms with E-state index in [1.165, 1.54) is 20.8 Å². The van der Waals surface area contributed by atoms with Crippen molar-refractivity contribution in [3.05, 3.63) is 0 Å². The van der Waals surface area contributed by atoms with Gasteiger partial charge in [0, 0.05) is 12.3 Å². The molecule has 0 aromatic heterocycles. The minimum absolute atomic E-state index is 0.215. The van der Waals surface area contributed by atoms with E-state index in [0.29, 0.717) is 0 Å². The molecule has 2 saturated heterocycles. The molecule has 2 heterocycles. The maximum absolute atomic E-state index is 12.7. The Kier molecular flexibility index (Phi) is 10.8. The van der Waals surface area contributed by atoms with Gasteiger partial charge in [0.25, 0.3) is 0 Å². The van der Waals surface area contributed by atoms with Gasteiger partial charge in [-0.15, -0.1) is 0 Å². The van der Waals surface area contributed by atoms with Gasteiger partial charge in [-0.05, 0) is 20.8 Å². The third-order valence-corrected chi connectivity index (χ3v) is 6.69. The fraction of sp³-hybridized carbons (Fsp3) is 0.708. The summed E-state index contributed by atoms with van der Waals surface area (Å²) in [5.74, 6) is -6.47. The van der Waals surface area contributed by atoms with Crippen LogP contribution in [0.5, 0.6) is 0 Å². The van der Waals surface area contributed by atoms with Crippen molar-refractivity contribution in [3.8, 4) is 0 Å². The van der Waals surface area contributed by atoms with E-state index in [4.69, 9.17) is 10.5 Å². The summed E-state index contributed by atoms with van der Waals surface area (Å²) < 4.78 is 5.20. The number of primary amides is 1. The summed E-state index contributed by atoms with van der Waals surface area (Å²) in [5.41, 5.74) is 3.53. The number of carbonyl (C=O) groups is 7. The Bertz CT molecular complexity index is 1080. The Hall–Kier alpha value is -3.83. The summed E-state index contributed by atoms with van der Waals surface area (Å²) in [6, 6.07) is -3.71. The van der Waals surface area contributed by atoms with E-state index in [9.17, 15) is 48.9 Å². The summed E-state index contributed by atoms with van der Waals surface area (Å²) in [6.07, 6.45) is -6.94. The first kappa shape index (κ1) is 33.4. The number of amides is 6. The quantitative estimate of drug-likeness (QED) is 0.0793. The Labute approximate surface area is 235 Å². The minimum Gasteiger partial charge on any atom is -0.464 e. The predicted octanol–water partition coefficient (Wildman–Crippen LogP) is -4.92. The Morgan fingerprint density at radius 2 is 1.59 bits per heavy atom. The molecule has 9 N–H and O–H groups in total. The third-order valence-electron chi connectivity index (χ3n) is 6.69. The molecule has 0 aliphatic carbocycles. The van der Waals surface area contributed by atoms with Crippen LogP contribution in [0.3, 0.4) is 0 Å². The van der Waals surface area contributed by atoms with Crippen LogP contribution in [0.2, 0.25) is 0 Å². The van der Waals surface area contributed by atoms with E-state index in [2.05, 4.69) is 21.3 Å². The molecule has 2 fully saturated rings. The molecule has 0 aromatic rings. The topological polar surface area (TPSA) is 267 Å². The molecule has 0 aromatic carbocycles. The number of fused-ring (bicyclic) bond motifs is 1. The van der Waals surface area contributed by atoms with Crippen LogP contribution in [0, 0.1) is 5.92 Å². The summed E-state index contributed by atoms with van der Waals surface area (Å²) in [7, 11) is 0. The Morgan fingerprint density at radius 3 is 2.15 bits per heavy atom. The monoisotopic (exact) mass is 586 g/mol. The van der Waals surface area contributed by atoms with Crippen LogP contribution in [0.15, 0.2) is 0 Å². The molecule has 2 aliphatic rings. The standard InChI is InChI=1S/C24H38N6O11/c1-9(2)18(35)27-11(8-13(25)31)20(37)26-10(3)19(36)29-24(4,5)23(40)41-7-6-12-14(32)15(33)16(34)17-28-21(38)22(39)30(12)17/h9-12,14-17,32-34H,6-8H2,1-5H3,(H2,25,31)(H,26,37)(H,27,35)(H,28,38)(H,29,36)/t10-,11-,12+,14+,15-,16-,17-/m0/s1. The number of piperidine rings is 1. The summed E-state index contributed by atoms with van der Waals surface area (Å²) in [4.78, 5) is 86.3. The Morgan fingerprint density at radius 1 is 0.976 bits per heavy atom. The molecular weight excluding hydrogens is 548 g/mol. The zero-order valence-corrected chi connectivity index (χ0v) is 23.4. The number of nitrogens with two attached hydrogens (primary N) is 1. The molecule has 7 atom stereocenters. The van der Waals surface area contributed by atoms with Gasteiger partial charge in [0.05, 0.1) is 19.1 Å². The summed E-state index contributed by atoms with van der Waals surface area (Å²) in [5, 5.41) is 40.0. The molecular formula is C24H38N6O11. The smallest absolute Gasteiger partial charge is 0.331 e. The highest BCUT2D eigenvalue weighted by Crippen LogP contribution is 2.28. The number of esters is 1. The van der Waals surface area contributed by atoms with Crippen molar-refractivity contribution in [2.75, 3.05) is 6.61 Å². The second kappa shape index (κ2) is 13.2. The van der Waals surface area contributed by atoms with E-state index in [-0.39, 0.29) is 6.42 Å². The average Bonchev–Trinajstić information content (AvgIpc) is 3.17. The first-order valence-electron chi connectivity index (χ1n) is 12.9. The molecule has 17 heteroatoms. The molecule has 6 amide bonds. The largest absolute Gasteiger partial charge is 0.464 e. The van der Waals surface area contributed by atoms with E-state index < -0.39 is 109 Å². The van der Waals surface area contributed by atoms with E-state index >= 15 is 0 Å². The number of aliphatic hydroxyl groups is 3. The highest BCUT2D eigenvalue weighted by Gasteiger charge is 2.55. The predicted molar refractivity (Wildman–Crippen MR) is 137 cm³/mol. The first-order chi connectivity index (χ1) is 18.9. The lowest BCUT2D eigenvalue weighted by Gasteiger charge is -2.45. The van der Waals surface area contributed by atoms with Gasteiger partial charge in [0.2, 0.25) is 23.6 Å². The van der Waals surface area contributed by atoms with Crippen LogP contribution in [0.1, 0.15) is 47.5 Å². The number of carbonyl (C=O) groups excluding carboxylic acids is 7. The van der Waals surface area contributed by atoms with Gasteiger partial charge >= 0.3 is 17.8 Å². The van der Waals surface area contributed by atoms with E-state index in [1.807, 2.05) is 0 Å². The molecule has 230 valence electrons. The molecule has 17 nitrogen and oxygen atoms in total. The normalized spacial score (nSPS) is 25.5. The van der Waals surface area contributed by atoms with Crippen LogP contribution >= 0.6 is 0 Å². The molecule has 41 heavy (non-hydrogen) atoms. The SMILES string of the molecule is CC(C)C(=O)N[C@@H](CC(N)=O)C(=O)N[C@@H](C)C(=O)NC(C)(C)C(=O)OCC[C@@H]1[C@@H](O)[C@H](O)[C@H](O)[C@H]2NC(=O)C(=O)N12. The van der Waals surface area contributed by atoms with Crippen molar-refractivity contribution < 1.29 is 53.6 Å². The molecule has 0 bridgehead atoms. The lowest BCUT2D eigenvalue weighted by molar-refractivity contribution is -0.174. The maximum atomic E-state index is 12.7. The highest BCUT2D eigenvalue weighted by molar-refractivity contribution is 6.37. The van der Waals surface area contributed by atoms with Crippen molar-refractivity contribution in [2.45, 2.75) is 95.6 Å². The molecule has 0 saturated carbocycles. The maximum Gasteiger partial charge on any atom is 0.331 e. The number of aliphatic hydroxyl groups excluding tert-OH is 3. The second-order valence-corrected chi connectivity index (χ2v) is 10.8. The lowest BCUT2D eigenvalue weighted by Crippen LogP contribution is -2.67. The minimum atomic E-state index is -1.68. The number of hydrogen-bond acceptors (Lipinski definition) is 11. The molecule has 0 radical (unpaired) electrons. The van der Waals surface area contributed by atoms with Gasteiger partial charge < -0.3 is 52.0 Å². The molecule has 2 aliphatic heterocycles. The number of ether oxygens (including phenoxy) is 1. The summed E-state index contributed by atoms with van der Waals surface area (Å²) in [6.45, 7) is 6.71. The van der Waals surface area contributed by atoms with Crippen molar-refractivity contribution in [2.24, 2.45) is 11.7 Å². The third kappa shape index (κ3) is 7.89. The van der Waals surface area contributed by atoms with Gasteiger partial charge in [0.1, 0.15) is 42.1 Å². The van der Waals surface area contributed by atoms with E-state index in [0.717, 1.165) is 4.90 Å². The van der Waals surface area contributed by atoms with E-state index in [1.54, 1.807) is 13.8 Å². The fourth-order valence-electron chi connectivity index (χ4n) is 4.26. The van der Waals surface area contributed by atoms with Crippen LogP contribution in [-0.2, 0) is 38.3 Å². The first-order valence-corrected chi connectivity index (χ1v) is 12.9. The van der Waals surface area contributed by atoms with Gasteiger partial charge in [-0.3, -0.25) is 28.8 Å².